The second-order valence-electron chi connectivity index (χ2n) is 7.64. The molecule has 27 heavy (non-hydrogen) atoms. The predicted octanol–water partition coefficient (Wildman–Crippen LogP) is 2.55. The van der Waals surface area contributed by atoms with Gasteiger partial charge in [-0.15, -0.1) is 0 Å². The van der Waals surface area contributed by atoms with Crippen LogP contribution in [0.1, 0.15) is 38.9 Å². The first-order chi connectivity index (χ1) is 12.8. The Balaban J connectivity index is 1.85. The Hall–Kier alpha value is -2.28. The van der Waals surface area contributed by atoms with Crippen molar-refractivity contribution in [3.8, 4) is 0 Å². The van der Waals surface area contributed by atoms with Gasteiger partial charge in [0, 0.05) is 33.8 Å². The molecule has 0 saturated carbocycles. The molecule has 1 aliphatic rings. The molecule has 0 spiro atoms. The van der Waals surface area contributed by atoms with Crippen molar-refractivity contribution in [2.45, 2.75) is 44.9 Å². The number of nitrogens with one attached hydrogen (secondary N) is 2. The van der Waals surface area contributed by atoms with Crippen LogP contribution >= 0.6 is 0 Å². The molecule has 1 fully saturated rings. The molecule has 1 saturated heterocycles. The molecule has 2 atom stereocenters. The average molecular weight is 377 g/mol. The molecule has 150 valence electrons. The van der Waals surface area contributed by atoms with Crippen LogP contribution in [0.2, 0.25) is 0 Å². The third-order valence-corrected chi connectivity index (χ3v) is 4.32. The summed E-state index contributed by atoms with van der Waals surface area (Å²) in [5.41, 5.74) is 0.626. The number of rotatable bonds is 5. The van der Waals surface area contributed by atoms with Gasteiger partial charge in [-0.05, 0) is 32.8 Å². The molecule has 2 unspecified atom stereocenters. The van der Waals surface area contributed by atoms with Gasteiger partial charge in [0.25, 0.3) is 0 Å². The van der Waals surface area contributed by atoms with Crippen LogP contribution < -0.4 is 10.6 Å². The first kappa shape index (κ1) is 21.0. The monoisotopic (exact) mass is 376 g/mol. The largest absolute Gasteiger partial charge is 0.444 e. The number of carbonyl (C=O) groups excluding carboxylic acids is 1. The van der Waals surface area contributed by atoms with E-state index in [4.69, 9.17) is 9.47 Å². The van der Waals surface area contributed by atoms with E-state index in [0.717, 1.165) is 24.5 Å². The number of methoxy groups -OCH3 is 1. The summed E-state index contributed by atoms with van der Waals surface area (Å²) < 4.78 is 10.9. The van der Waals surface area contributed by atoms with Crippen molar-refractivity contribution in [1.82, 2.24) is 15.5 Å². The fourth-order valence-electron chi connectivity index (χ4n) is 3.07. The molecule has 2 N–H and O–H groups in total. The van der Waals surface area contributed by atoms with Gasteiger partial charge in [-0.25, -0.2) is 4.79 Å². The molecule has 1 aliphatic heterocycles. The molecular formula is C20H32N4O3. The van der Waals surface area contributed by atoms with Crippen LogP contribution in [0.5, 0.6) is 0 Å². The summed E-state index contributed by atoms with van der Waals surface area (Å²) in [6.07, 6.45) is 0.425. The Morgan fingerprint density at radius 3 is 2.63 bits per heavy atom. The van der Waals surface area contributed by atoms with Crippen molar-refractivity contribution >= 4 is 12.1 Å². The fraction of sp³-hybridized carbons (Fsp3) is 0.600. The van der Waals surface area contributed by atoms with E-state index >= 15 is 0 Å². The van der Waals surface area contributed by atoms with Gasteiger partial charge in [0.1, 0.15) is 5.60 Å². The first-order valence-corrected chi connectivity index (χ1v) is 9.35. The number of benzene rings is 1. The Morgan fingerprint density at radius 2 is 2.04 bits per heavy atom. The summed E-state index contributed by atoms with van der Waals surface area (Å²) in [6.45, 7) is 7.72. The normalized spacial score (nSPS) is 18.9. The number of hydrogen-bond donors (Lipinski definition) is 2. The number of nitrogens with zero attached hydrogens (tertiary/aromatic N) is 2. The van der Waals surface area contributed by atoms with Gasteiger partial charge in [-0.2, -0.15) is 0 Å². The van der Waals surface area contributed by atoms with Crippen molar-refractivity contribution in [1.29, 1.82) is 0 Å². The number of aliphatic imine (C=N–C) groups is 1. The topological polar surface area (TPSA) is 75.2 Å². The molecule has 0 bridgehead atoms. The molecule has 7 nitrogen and oxygen atoms in total. The zero-order valence-corrected chi connectivity index (χ0v) is 17.0. The van der Waals surface area contributed by atoms with Crippen LogP contribution in [0.25, 0.3) is 0 Å². The lowest BCUT2D eigenvalue weighted by Crippen LogP contribution is -2.45. The highest BCUT2D eigenvalue weighted by Gasteiger charge is 2.28. The van der Waals surface area contributed by atoms with Crippen LogP contribution in [-0.2, 0) is 9.47 Å². The molecule has 1 aromatic rings. The second-order valence-corrected chi connectivity index (χ2v) is 7.64. The summed E-state index contributed by atoms with van der Waals surface area (Å²) in [6, 6.07) is 10.1. The van der Waals surface area contributed by atoms with Crippen molar-refractivity contribution in [3.63, 3.8) is 0 Å². The molecule has 1 heterocycles. The molecule has 0 aromatic heterocycles. The SMILES string of the molecule is CN=C(NCC(OC)c1ccccc1)N1CCC(NC(=O)OC(C)(C)C)C1. The molecule has 7 heteroatoms. The highest BCUT2D eigenvalue weighted by Crippen LogP contribution is 2.16. The second kappa shape index (κ2) is 9.60. The lowest BCUT2D eigenvalue weighted by molar-refractivity contribution is 0.0507. The lowest BCUT2D eigenvalue weighted by Gasteiger charge is -2.25. The minimum absolute atomic E-state index is 0.0470. The van der Waals surface area contributed by atoms with E-state index in [1.165, 1.54) is 0 Å². The number of amides is 1. The van der Waals surface area contributed by atoms with Gasteiger partial charge in [-0.3, -0.25) is 4.99 Å². The quantitative estimate of drug-likeness (QED) is 0.610. The van der Waals surface area contributed by atoms with E-state index in [0.29, 0.717) is 13.1 Å². The number of ether oxygens (including phenoxy) is 2. The molecule has 2 rings (SSSR count). The number of hydrogen-bond acceptors (Lipinski definition) is 4. The maximum Gasteiger partial charge on any atom is 0.407 e. The minimum Gasteiger partial charge on any atom is -0.444 e. The number of guanidine groups is 1. The summed E-state index contributed by atoms with van der Waals surface area (Å²) in [4.78, 5) is 18.5. The average Bonchev–Trinajstić information content (AvgIpc) is 3.06. The van der Waals surface area contributed by atoms with Gasteiger partial charge in [-0.1, -0.05) is 30.3 Å². The predicted molar refractivity (Wildman–Crippen MR) is 107 cm³/mol. The summed E-state index contributed by atoms with van der Waals surface area (Å²) in [7, 11) is 3.47. The summed E-state index contributed by atoms with van der Waals surface area (Å²) in [5, 5.41) is 6.32. The number of likely N-dealkylation sites (tertiary alicyclic amines) is 1. The zero-order valence-electron chi connectivity index (χ0n) is 17.0. The van der Waals surface area contributed by atoms with Gasteiger partial charge in [0.05, 0.1) is 12.1 Å². The maximum atomic E-state index is 12.0. The van der Waals surface area contributed by atoms with E-state index < -0.39 is 5.60 Å². The standard InChI is InChI=1S/C20H32N4O3/c1-20(2,3)27-19(25)23-16-11-12-24(14-16)18(21-4)22-13-17(26-5)15-9-7-6-8-10-15/h6-10,16-17H,11-14H2,1-5H3,(H,21,22)(H,23,25). The van der Waals surface area contributed by atoms with Crippen LogP contribution in [0.4, 0.5) is 4.79 Å². The molecule has 1 aromatic carbocycles. The minimum atomic E-state index is -0.493. The summed E-state index contributed by atoms with van der Waals surface area (Å²) >= 11 is 0. The van der Waals surface area contributed by atoms with Gasteiger partial charge >= 0.3 is 6.09 Å². The molecule has 0 aliphatic carbocycles. The third kappa shape index (κ3) is 6.75. The highest BCUT2D eigenvalue weighted by molar-refractivity contribution is 5.80. The van der Waals surface area contributed by atoms with E-state index in [9.17, 15) is 4.79 Å². The van der Waals surface area contributed by atoms with Crippen molar-refractivity contribution < 1.29 is 14.3 Å². The van der Waals surface area contributed by atoms with Crippen molar-refractivity contribution in [2.24, 2.45) is 4.99 Å². The van der Waals surface area contributed by atoms with Gasteiger partial charge in [0.2, 0.25) is 0 Å². The smallest absolute Gasteiger partial charge is 0.407 e. The van der Waals surface area contributed by atoms with Gasteiger partial charge < -0.3 is 25.0 Å². The fourth-order valence-corrected chi connectivity index (χ4v) is 3.07. The Labute approximate surface area is 162 Å². The van der Waals surface area contributed by atoms with Crippen LogP contribution in [0.3, 0.4) is 0 Å². The third-order valence-electron chi connectivity index (χ3n) is 4.32. The van der Waals surface area contributed by atoms with E-state index in [2.05, 4.69) is 32.7 Å². The highest BCUT2D eigenvalue weighted by atomic mass is 16.6. The molecule has 1 amide bonds. The number of carbonyl (C=O) groups is 1. The van der Waals surface area contributed by atoms with E-state index in [1.54, 1.807) is 14.2 Å². The van der Waals surface area contributed by atoms with Crippen molar-refractivity contribution in [2.75, 3.05) is 33.8 Å². The van der Waals surface area contributed by atoms with Gasteiger partial charge in [0.15, 0.2) is 5.96 Å². The zero-order chi connectivity index (χ0) is 19.9. The van der Waals surface area contributed by atoms with Crippen LogP contribution in [0, 0.1) is 0 Å². The van der Waals surface area contributed by atoms with Crippen molar-refractivity contribution in [3.05, 3.63) is 35.9 Å². The molecule has 0 radical (unpaired) electrons. The first-order valence-electron chi connectivity index (χ1n) is 9.35. The van der Waals surface area contributed by atoms with Crippen LogP contribution in [-0.4, -0.2) is 62.4 Å². The lowest BCUT2D eigenvalue weighted by atomic mass is 10.1. The van der Waals surface area contributed by atoms with E-state index in [-0.39, 0.29) is 18.2 Å². The van der Waals surface area contributed by atoms with Crippen LogP contribution in [0.15, 0.2) is 35.3 Å². The summed E-state index contributed by atoms with van der Waals surface area (Å²) in [5.74, 6) is 0.807. The Kier molecular flexibility index (Phi) is 7.47. The molecular weight excluding hydrogens is 344 g/mol. The maximum absolute atomic E-state index is 12.0. The number of alkyl carbamates (subject to hydrolysis) is 1. The Morgan fingerprint density at radius 1 is 1.33 bits per heavy atom. The Bertz CT molecular complexity index is 628. The van der Waals surface area contributed by atoms with E-state index in [1.807, 2.05) is 39.0 Å².